The van der Waals surface area contributed by atoms with Gasteiger partial charge in [-0.2, -0.15) is 0 Å². The van der Waals surface area contributed by atoms with Gasteiger partial charge in [0.1, 0.15) is 0 Å². The van der Waals surface area contributed by atoms with Crippen LogP contribution in [0.3, 0.4) is 0 Å². The van der Waals surface area contributed by atoms with Crippen molar-refractivity contribution < 1.29 is 35.4 Å². The third-order valence-electron chi connectivity index (χ3n) is 0. The van der Waals surface area contributed by atoms with Gasteiger partial charge in [-0.3, -0.25) is 0 Å². The van der Waals surface area contributed by atoms with Crippen LogP contribution >= 0.6 is 0 Å². The largest absolute Gasteiger partial charge is 0.358 e. The SMILES string of the molecule is [C-]#[O+].[C-]#[O+].[C-]#[O+].[C-]#[O+].[CH3-].[Co]. The summed E-state index contributed by atoms with van der Waals surface area (Å²) in [4.78, 5) is 0. The Morgan fingerprint density at radius 2 is 0.500 bits per heavy atom. The molecule has 0 amide bonds. The molecule has 0 saturated carbocycles. The van der Waals surface area contributed by atoms with Crippen LogP contribution in [0.15, 0.2) is 0 Å². The maximum absolute atomic E-state index is 7.50. The van der Waals surface area contributed by atoms with E-state index in [4.69, 9.17) is 18.6 Å². The summed E-state index contributed by atoms with van der Waals surface area (Å²) in [5.74, 6) is 0. The van der Waals surface area contributed by atoms with Crippen LogP contribution in [0.25, 0.3) is 0 Å². The summed E-state index contributed by atoms with van der Waals surface area (Å²) in [6, 6.07) is 0. The van der Waals surface area contributed by atoms with Gasteiger partial charge < -0.3 is 7.43 Å². The molecule has 0 aliphatic heterocycles. The zero-order valence-electron chi connectivity index (χ0n) is 4.97. The predicted molar refractivity (Wildman–Crippen MR) is 22.1 cm³/mol. The molecule has 0 aromatic rings. The number of hydrogen-bond acceptors (Lipinski definition) is 0. The van der Waals surface area contributed by atoms with E-state index in [1.807, 2.05) is 0 Å². The second-order valence-corrected chi connectivity index (χ2v) is 0. The molecule has 0 heterocycles. The number of hydrogen-bond donors (Lipinski definition) is 0. The summed E-state index contributed by atoms with van der Waals surface area (Å²) in [6.45, 7) is 18.0. The van der Waals surface area contributed by atoms with Crippen LogP contribution < -0.4 is 0 Å². The van der Waals surface area contributed by atoms with Gasteiger partial charge in [-0.05, 0) is 0 Å². The second-order valence-electron chi connectivity index (χ2n) is 0. The average Bonchev–Trinajstić information content (AvgIpc) is 2.03. The van der Waals surface area contributed by atoms with E-state index in [1.165, 1.54) is 0 Å². The van der Waals surface area contributed by atoms with Crippen molar-refractivity contribution >= 4 is 0 Å². The van der Waals surface area contributed by atoms with Gasteiger partial charge in [0.15, 0.2) is 0 Å². The molecule has 0 fully saturated rings. The van der Waals surface area contributed by atoms with Crippen molar-refractivity contribution in [2.45, 2.75) is 0 Å². The third-order valence-corrected chi connectivity index (χ3v) is 0. The summed E-state index contributed by atoms with van der Waals surface area (Å²) in [5.41, 5.74) is 0. The van der Waals surface area contributed by atoms with E-state index in [0.29, 0.717) is 0 Å². The maximum Gasteiger partial charge on any atom is 0 e. The molecule has 0 aliphatic carbocycles. The van der Waals surface area contributed by atoms with Crippen molar-refractivity contribution in [1.29, 1.82) is 0 Å². The van der Waals surface area contributed by atoms with Crippen molar-refractivity contribution in [3.8, 4) is 0 Å². The minimum atomic E-state index is 0. The summed E-state index contributed by atoms with van der Waals surface area (Å²) in [6.07, 6.45) is 0. The topological polar surface area (TPSA) is 79.6 Å². The molecule has 0 bridgehead atoms. The molecule has 0 N–H and O–H groups in total. The van der Waals surface area contributed by atoms with Crippen LogP contribution in [-0.4, -0.2) is 0 Å². The van der Waals surface area contributed by atoms with E-state index < -0.39 is 0 Å². The van der Waals surface area contributed by atoms with Crippen LogP contribution in [0, 0.1) is 34.0 Å². The summed E-state index contributed by atoms with van der Waals surface area (Å²) < 4.78 is 30.0. The molecule has 0 aromatic heterocycles. The van der Waals surface area contributed by atoms with Gasteiger partial charge in [0.05, 0.1) is 0 Å². The monoisotopic (exact) mass is 186 g/mol. The summed E-state index contributed by atoms with van der Waals surface area (Å²) >= 11 is 0. The van der Waals surface area contributed by atoms with Gasteiger partial charge in [0.25, 0.3) is 0 Å². The van der Waals surface area contributed by atoms with Crippen molar-refractivity contribution in [2.24, 2.45) is 0 Å². The van der Waals surface area contributed by atoms with E-state index in [9.17, 15) is 0 Å². The Bertz CT molecular complexity index is 56.6. The van der Waals surface area contributed by atoms with E-state index in [1.54, 1.807) is 0 Å². The fourth-order valence-corrected chi connectivity index (χ4v) is 0. The van der Waals surface area contributed by atoms with Gasteiger partial charge in [-0.15, -0.1) is 0 Å². The minimum Gasteiger partial charge on any atom is -0.358 e. The second kappa shape index (κ2) is 1660. The van der Waals surface area contributed by atoms with Crippen molar-refractivity contribution in [3.63, 3.8) is 0 Å². The van der Waals surface area contributed by atoms with Crippen molar-refractivity contribution in [2.75, 3.05) is 0 Å². The molecular weight excluding hydrogens is 183 g/mol. The van der Waals surface area contributed by atoms with Crippen LogP contribution in [0.5, 0.6) is 0 Å². The molecular formula is C5H3CoO4-. The first kappa shape index (κ1) is 56.5. The van der Waals surface area contributed by atoms with Crippen LogP contribution in [0.4, 0.5) is 0 Å². The third kappa shape index (κ3) is 1100. The molecule has 0 rings (SSSR count). The molecule has 10 heavy (non-hydrogen) atoms. The van der Waals surface area contributed by atoms with E-state index in [0.717, 1.165) is 0 Å². The molecule has 0 aromatic carbocycles. The first-order chi connectivity index (χ1) is 4.00. The molecule has 4 nitrogen and oxygen atoms in total. The van der Waals surface area contributed by atoms with Crippen LogP contribution in [-0.2, 0) is 35.4 Å². The molecule has 0 saturated heterocycles. The maximum atomic E-state index is 7.50. The first-order valence-corrected chi connectivity index (χ1v) is 0.816. The van der Waals surface area contributed by atoms with Gasteiger partial charge in [0.2, 0.25) is 0 Å². The Hall–Kier alpha value is -0.534. The normalized spacial score (nSPS) is 0.800. The smallest absolute Gasteiger partial charge is 0 e. The quantitative estimate of drug-likeness (QED) is 0.385. The summed E-state index contributed by atoms with van der Waals surface area (Å²) in [5, 5.41) is 0. The Kier molecular flexibility index (Phi) is 9360. The zero-order valence-corrected chi connectivity index (χ0v) is 6.01. The number of rotatable bonds is 0. The van der Waals surface area contributed by atoms with Crippen LogP contribution in [0.2, 0.25) is 0 Å². The average molecular weight is 186 g/mol. The van der Waals surface area contributed by atoms with E-state index >= 15 is 0 Å². The fraction of sp³-hybridized carbons (Fsp3) is 0. The predicted octanol–water partition coefficient (Wildman–Crippen LogP) is 0.298. The Labute approximate surface area is 70.1 Å². The Balaban J connectivity index is -0.00000000500. The molecule has 0 aliphatic rings. The molecule has 57 valence electrons. The zero-order chi connectivity index (χ0) is 8.00. The van der Waals surface area contributed by atoms with Gasteiger partial charge >= 0.3 is 45.2 Å². The van der Waals surface area contributed by atoms with Crippen molar-refractivity contribution in [3.05, 3.63) is 34.0 Å². The Morgan fingerprint density at radius 1 is 0.500 bits per heavy atom. The first-order valence-electron chi connectivity index (χ1n) is 0.816. The van der Waals surface area contributed by atoms with Gasteiger partial charge in [-0.25, -0.2) is 0 Å². The van der Waals surface area contributed by atoms with Crippen LogP contribution in [0.1, 0.15) is 0 Å². The minimum absolute atomic E-state index is 0. The fourth-order valence-electron chi connectivity index (χ4n) is 0. The molecule has 5 heteroatoms. The standard InChI is InChI=1S/4CO.CH3.Co/c4*1-2;;/h;;;;1H3;/q;;;;-1;. The molecule has 0 spiro atoms. The van der Waals surface area contributed by atoms with E-state index in [-0.39, 0.29) is 24.2 Å². The van der Waals surface area contributed by atoms with Crippen molar-refractivity contribution in [1.82, 2.24) is 0 Å². The summed E-state index contributed by atoms with van der Waals surface area (Å²) in [7, 11) is 0. The Morgan fingerprint density at radius 3 is 0.500 bits per heavy atom. The molecule has 0 unspecified atom stereocenters. The van der Waals surface area contributed by atoms with Gasteiger partial charge in [0, 0.05) is 16.8 Å². The molecule has 0 atom stereocenters. The molecule has 1 radical (unpaired) electrons. The van der Waals surface area contributed by atoms with E-state index in [2.05, 4.69) is 26.6 Å². The van der Waals surface area contributed by atoms with Gasteiger partial charge in [-0.1, -0.05) is 0 Å².